The van der Waals surface area contributed by atoms with E-state index in [1.54, 1.807) is 0 Å². The average Bonchev–Trinajstić information content (AvgIpc) is 2.95. The Kier molecular flexibility index (Phi) is 9.78. The van der Waals surface area contributed by atoms with Gasteiger partial charge in [0.15, 0.2) is 0 Å². The number of rotatable bonds is 12. The summed E-state index contributed by atoms with van der Waals surface area (Å²) in [6.45, 7) is 4.21. The fourth-order valence-electron chi connectivity index (χ4n) is 2.65. The molecule has 0 fully saturated rings. The fourth-order valence-corrected chi connectivity index (χ4v) is 2.65. The molecule has 1 aliphatic heterocycles. The first-order valence-corrected chi connectivity index (χ1v) is 8.36. The topological polar surface area (TPSA) is 41.6 Å². The van der Waals surface area contributed by atoms with E-state index in [-0.39, 0.29) is 6.17 Å². The average molecular weight is 267 g/mol. The molecule has 112 valence electrons. The molecule has 1 aliphatic rings. The third kappa shape index (κ3) is 8.25. The number of hydrogen-bond acceptors (Lipinski definition) is 3. The van der Waals surface area contributed by atoms with Gasteiger partial charge in [0.1, 0.15) is 0 Å². The molecular formula is C16H33N3. The molecule has 1 atom stereocenters. The molecule has 1 heterocycles. The van der Waals surface area contributed by atoms with E-state index in [2.05, 4.69) is 16.8 Å². The van der Waals surface area contributed by atoms with E-state index < -0.39 is 0 Å². The first-order chi connectivity index (χ1) is 9.34. The summed E-state index contributed by atoms with van der Waals surface area (Å²) in [4.78, 5) is 6.38. The largest absolute Gasteiger partial charge is 0.346 e. The number of nitrogens with two attached hydrogens (primary N) is 1. The summed E-state index contributed by atoms with van der Waals surface area (Å²) in [5.74, 6) is 0. The molecular weight excluding hydrogens is 234 g/mol. The summed E-state index contributed by atoms with van der Waals surface area (Å²) < 4.78 is 0. The molecule has 19 heavy (non-hydrogen) atoms. The Labute approximate surface area is 119 Å². The molecule has 3 heteroatoms. The summed E-state index contributed by atoms with van der Waals surface area (Å²) in [5.41, 5.74) is 6.12. The van der Waals surface area contributed by atoms with E-state index in [9.17, 15) is 0 Å². The zero-order chi connectivity index (χ0) is 13.8. The van der Waals surface area contributed by atoms with Gasteiger partial charge in [-0.1, -0.05) is 71.1 Å². The van der Waals surface area contributed by atoms with Gasteiger partial charge in [0.05, 0.1) is 19.0 Å². The molecule has 0 spiro atoms. The highest BCUT2D eigenvalue weighted by Gasteiger charge is 2.12. The molecule has 0 aliphatic carbocycles. The summed E-state index contributed by atoms with van der Waals surface area (Å²) in [6.07, 6.45) is 17.1. The third-order valence-corrected chi connectivity index (χ3v) is 4.00. The Morgan fingerprint density at radius 3 is 2.11 bits per heavy atom. The monoisotopic (exact) mass is 267 g/mol. The van der Waals surface area contributed by atoms with E-state index >= 15 is 0 Å². The lowest BCUT2D eigenvalue weighted by molar-refractivity contribution is 0.323. The molecule has 0 radical (unpaired) electrons. The molecule has 1 unspecified atom stereocenters. The van der Waals surface area contributed by atoms with Crippen LogP contribution in [-0.4, -0.2) is 30.5 Å². The minimum Gasteiger partial charge on any atom is -0.346 e. The van der Waals surface area contributed by atoms with E-state index in [4.69, 9.17) is 5.73 Å². The summed E-state index contributed by atoms with van der Waals surface area (Å²) in [6, 6.07) is 0. The number of unbranched alkanes of at least 4 members (excludes halogenated alkanes) is 9. The van der Waals surface area contributed by atoms with Crippen LogP contribution in [0.3, 0.4) is 0 Å². The Balaban J connectivity index is 1.79. The van der Waals surface area contributed by atoms with Gasteiger partial charge in [-0.15, -0.1) is 0 Å². The fraction of sp³-hybridized carbons (Fsp3) is 0.938. The first kappa shape index (κ1) is 16.5. The minimum absolute atomic E-state index is 0.195. The Bertz CT molecular complexity index is 228. The predicted molar refractivity (Wildman–Crippen MR) is 84.5 cm³/mol. The van der Waals surface area contributed by atoms with E-state index in [0.29, 0.717) is 0 Å². The van der Waals surface area contributed by atoms with Crippen LogP contribution in [0.4, 0.5) is 0 Å². The van der Waals surface area contributed by atoms with Crippen molar-refractivity contribution in [1.82, 2.24) is 4.90 Å². The lowest BCUT2D eigenvalue weighted by Gasteiger charge is -2.22. The van der Waals surface area contributed by atoms with E-state index in [1.165, 1.54) is 64.2 Å². The molecule has 0 bridgehead atoms. The van der Waals surface area contributed by atoms with Crippen LogP contribution in [0.1, 0.15) is 77.6 Å². The van der Waals surface area contributed by atoms with Crippen LogP contribution < -0.4 is 5.73 Å². The van der Waals surface area contributed by atoms with Crippen molar-refractivity contribution in [2.24, 2.45) is 10.7 Å². The second kappa shape index (κ2) is 11.3. The van der Waals surface area contributed by atoms with Gasteiger partial charge in [-0.25, -0.2) is 0 Å². The Morgan fingerprint density at radius 2 is 1.58 bits per heavy atom. The molecule has 0 aromatic heterocycles. The van der Waals surface area contributed by atoms with Crippen molar-refractivity contribution in [3.8, 4) is 0 Å². The van der Waals surface area contributed by atoms with E-state index in [1.807, 2.05) is 6.34 Å². The Hall–Kier alpha value is -0.570. The van der Waals surface area contributed by atoms with Crippen LogP contribution in [0, 0.1) is 0 Å². The molecule has 0 amide bonds. The highest BCUT2D eigenvalue weighted by atomic mass is 15.3. The summed E-state index contributed by atoms with van der Waals surface area (Å²) in [5, 5.41) is 0. The smallest absolute Gasteiger partial charge is 0.0863 e. The second-order valence-corrected chi connectivity index (χ2v) is 5.80. The maximum absolute atomic E-state index is 6.12. The second-order valence-electron chi connectivity index (χ2n) is 5.80. The SMILES string of the molecule is CCCCCCCCCCCCC(N)N1C=NCC1. The highest BCUT2D eigenvalue weighted by Crippen LogP contribution is 2.12. The van der Waals surface area contributed by atoms with Crippen molar-refractivity contribution in [3.05, 3.63) is 0 Å². The van der Waals surface area contributed by atoms with Gasteiger partial charge in [0, 0.05) is 6.54 Å². The molecule has 1 rings (SSSR count). The van der Waals surface area contributed by atoms with Crippen LogP contribution in [0.15, 0.2) is 4.99 Å². The van der Waals surface area contributed by atoms with Gasteiger partial charge in [-0.3, -0.25) is 4.99 Å². The van der Waals surface area contributed by atoms with Crippen LogP contribution in [0.2, 0.25) is 0 Å². The molecule has 3 nitrogen and oxygen atoms in total. The third-order valence-electron chi connectivity index (χ3n) is 4.00. The van der Waals surface area contributed by atoms with Crippen molar-refractivity contribution in [1.29, 1.82) is 0 Å². The van der Waals surface area contributed by atoms with Crippen molar-refractivity contribution in [2.45, 2.75) is 83.7 Å². The summed E-state index contributed by atoms with van der Waals surface area (Å²) in [7, 11) is 0. The zero-order valence-electron chi connectivity index (χ0n) is 12.8. The summed E-state index contributed by atoms with van der Waals surface area (Å²) >= 11 is 0. The molecule has 0 aromatic carbocycles. The van der Waals surface area contributed by atoms with Crippen LogP contribution >= 0.6 is 0 Å². The van der Waals surface area contributed by atoms with Gasteiger partial charge in [0.2, 0.25) is 0 Å². The highest BCUT2D eigenvalue weighted by molar-refractivity contribution is 5.57. The lowest BCUT2D eigenvalue weighted by atomic mass is 10.1. The first-order valence-electron chi connectivity index (χ1n) is 8.36. The van der Waals surface area contributed by atoms with Gasteiger partial charge >= 0.3 is 0 Å². The maximum atomic E-state index is 6.12. The van der Waals surface area contributed by atoms with E-state index in [0.717, 1.165) is 19.5 Å². The number of aliphatic imine (C=N–C) groups is 1. The minimum atomic E-state index is 0.195. The van der Waals surface area contributed by atoms with Crippen molar-refractivity contribution in [3.63, 3.8) is 0 Å². The van der Waals surface area contributed by atoms with Crippen LogP contribution in [0.25, 0.3) is 0 Å². The molecule has 0 aromatic rings. The van der Waals surface area contributed by atoms with Crippen LogP contribution in [-0.2, 0) is 0 Å². The van der Waals surface area contributed by atoms with Gasteiger partial charge in [-0.2, -0.15) is 0 Å². The zero-order valence-corrected chi connectivity index (χ0v) is 12.8. The van der Waals surface area contributed by atoms with Gasteiger partial charge in [0.25, 0.3) is 0 Å². The van der Waals surface area contributed by atoms with Crippen molar-refractivity contribution < 1.29 is 0 Å². The van der Waals surface area contributed by atoms with Crippen molar-refractivity contribution >= 4 is 6.34 Å². The Morgan fingerprint density at radius 1 is 1.00 bits per heavy atom. The molecule has 0 saturated heterocycles. The van der Waals surface area contributed by atoms with Gasteiger partial charge in [-0.05, 0) is 6.42 Å². The predicted octanol–water partition coefficient (Wildman–Crippen LogP) is 3.93. The van der Waals surface area contributed by atoms with Gasteiger partial charge < -0.3 is 10.6 Å². The normalized spacial score (nSPS) is 16.2. The van der Waals surface area contributed by atoms with Crippen molar-refractivity contribution in [2.75, 3.05) is 13.1 Å². The number of hydrogen-bond donors (Lipinski definition) is 1. The standard InChI is InChI=1S/C16H33N3/c1-2-3-4-5-6-7-8-9-10-11-12-16(17)19-14-13-18-15-19/h15-16H,2-14,17H2,1H3. The quantitative estimate of drug-likeness (QED) is 0.544. The molecule has 0 saturated carbocycles. The van der Waals surface area contributed by atoms with Crippen LogP contribution in [0.5, 0.6) is 0 Å². The number of nitrogens with zero attached hydrogens (tertiary/aromatic N) is 2. The molecule has 2 N–H and O–H groups in total. The lowest BCUT2D eigenvalue weighted by Crippen LogP contribution is -2.39. The maximum Gasteiger partial charge on any atom is 0.0863 e.